The van der Waals surface area contributed by atoms with Crippen LogP contribution in [0.5, 0.6) is 0 Å². The minimum absolute atomic E-state index is 0.0122. The predicted molar refractivity (Wildman–Crippen MR) is 75.7 cm³/mol. The molecule has 5 nitrogen and oxygen atoms in total. The van der Waals surface area contributed by atoms with Crippen LogP contribution in [0.25, 0.3) is 0 Å². The number of aliphatic carboxylic acids is 1. The summed E-state index contributed by atoms with van der Waals surface area (Å²) in [5, 5.41) is 9.44. The monoisotopic (exact) mass is 289 g/mol. The standard InChI is InChI=1S/C16H19NO4/c18-14(19)16-8-4-7-13(9-16)17(11-16)15(20)21-10-12-5-2-1-3-6-12/h1-3,5-6,13H,4,7-11H2,(H,18,19). The molecule has 2 unspecified atom stereocenters. The minimum atomic E-state index is -0.787. The highest BCUT2D eigenvalue weighted by atomic mass is 16.6. The number of fused-ring (bicyclic) bond motifs is 2. The predicted octanol–water partition coefficient (Wildman–Crippen LogP) is 2.65. The number of amides is 1. The number of likely N-dealkylation sites (tertiary alicyclic amines) is 1. The van der Waals surface area contributed by atoms with E-state index in [4.69, 9.17) is 4.74 Å². The average Bonchev–Trinajstić information content (AvgIpc) is 2.78. The Morgan fingerprint density at radius 2 is 2.10 bits per heavy atom. The van der Waals surface area contributed by atoms with Gasteiger partial charge in [-0.25, -0.2) is 4.79 Å². The molecule has 1 aromatic rings. The SMILES string of the molecule is O=C(OCc1ccccc1)N1CC2(C(=O)O)CCCC1C2. The van der Waals surface area contributed by atoms with Crippen molar-refractivity contribution in [3.63, 3.8) is 0 Å². The zero-order valence-corrected chi connectivity index (χ0v) is 11.8. The second-order valence-corrected chi connectivity index (χ2v) is 6.00. The molecule has 2 bridgehead atoms. The van der Waals surface area contributed by atoms with Crippen LogP contribution in [0.2, 0.25) is 0 Å². The number of carbonyl (C=O) groups is 2. The summed E-state index contributed by atoms with van der Waals surface area (Å²) < 4.78 is 5.34. The second-order valence-electron chi connectivity index (χ2n) is 6.00. The van der Waals surface area contributed by atoms with Crippen LogP contribution in [0.15, 0.2) is 30.3 Å². The Morgan fingerprint density at radius 1 is 1.33 bits per heavy atom. The molecule has 2 fully saturated rings. The van der Waals surface area contributed by atoms with Crippen molar-refractivity contribution in [3.8, 4) is 0 Å². The topological polar surface area (TPSA) is 66.8 Å². The third-order valence-corrected chi connectivity index (χ3v) is 4.63. The van der Waals surface area contributed by atoms with Crippen molar-refractivity contribution in [1.82, 2.24) is 4.90 Å². The Kier molecular flexibility index (Phi) is 3.57. The summed E-state index contributed by atoms with van der Waals surface area (Å²) in [5.74, 6) is -0.787. The normalized spacial score (nSPS) is 27.4. The summed E-state index contributed by atoms with van der Waals surface area (Å²) in [5.41, 5.74) is 0.176. The fraction of sp³-hybridized carbons (Fsp3) is 0.500. The maximum Gasteiger partial charge on any atom is 0.410 e. The Bertz CT molecular complexity index is 544. The van der Waals surface area contributed by atoms with Gasteiger partial charge in [-0.2, -0.15) is 0 Å². The highest BCUT2D eigenvalue weighted by Crippen LogP contribution is 2.45. The smallest absolute Gasteiger partial charge is 0.410 e. The third kappa shape index (κ3) is 2.60. The number of nitrogens with zero attached hydrogens (tertiary/aromatic N) is 1. The molecule has 0 spiro atoms. The molecule has 1 heterocycles. The molecule has 1 aliphatic heterocycles. The molecule has 0 radical (unpaired) electrons. The van der Waals surface area contributed by atoms with Crippen LogP contribution in [0.1, 0.15) is 31.2 Å². The quantitative estimate of drug-likeness (QED) is 0.929. The van der Waals surface area contributed by atoms with Gasteiger partial charge in [0.15, 0.2) is 0 Å². The average molecular weight is 289 g/mol. The number of carboxylic acids is 1. The van der Waals surface area contributed by atoms with Crippen molar-refractivity contribution in [3.05, 3.63) is 35.9 Å². The molecule has 0 aromatic heterocycles. The zero-order chi connectivity index (χ0) is 14.9. The molecule has 2 atom stereocenters. The van der Waals surface area contributed by atoms with Gasteiger partial charge in [-0.15, -0.1) is 0 Å². The Labute approximate surface area is 123 Å². The first kappa shape index (κ1) is 13.9. The van der Waals surface area contributed by atoms with E-state index in [0.29, 0.717) is 12.8 Å². The van der Waals surface area contributed by atoms with Crippen LogP contribution >= 0.6 is 0 Å². The van der Waals surface area contributed by atoms with Crippen LogP contribution in [-0.4, -0.2) is 34.7 Å². The van der Waals surface area contributed by atoms with E-state index in [1.807, 2.05) is 30.3 Å². The highest BCUT2D eigenvalue weighted by molar-refractivity contribution is 5.78. The van der Waals surface area contributed by atoms with Crippen molar-refractivity contribution in [1.29, 1.82) is 0 Å². The van der Waals surface area contributed by atoms with E-state index in [1.54, 1.807) is 4.90 Å². The van der Waals surface area contributed by atoms with Gasteiger partial charge in [0.2, 0.25) is 0 Å². The molecule has 2 aliphatic rings. The van der Waals surface area contributed by atoms with Gasteiger partial charge in [0, 0.05) is 12.6 Å². The molecule has 112 valence electrons. The molecule has 21 heavy (non-hydrogen) atoms. The Hall–Kier alpha value is -2.04. The molecule has 3 rings (SSSR count). The van der Waals surface area contributed by atoms with Crippen molar-refractivity contribution in [2.45, 2.75) is 38.3 Å². The maximum atomic E-state index is 12.2. The second kappa shape index (κ2) is 5.39. The molecule has 1 aromatic carbocycles. The van der Waals surface area contributed by atoms with Gasteiger partial charge >= 0.3 is 12.1 Å². The van der Waals surface area contributed by atoms with Crippen molar-refractivity contribution < 1.29 is 19.4 Å². The first-order valence-corrected chi connectivity index (χ1v) is 7.31. The molecule has 1 N–H and O–H groups in total. The van der Waals surface area contributed by atoms with Gasteiger partial charge in [0.05, 0.1) is 5.41 Å². The molecule has 1 aliphatic carbocycles. The van der Waals surface area contributed by atoms with E-state index < -0.39 is 17.5 Å². The first-order valence-electron chi connectivity index (χ1n) is 7.31. The highest BCUT2D eigenvalue weighted by Gasteiger charge is 2.53. The zero-order valence-electron chi connectivity index (χ0n) is 11.8. The fourth-order valence-corrected chi connectivity index (χ4v) is 3.47. The number of rotatable bonds is 3. The fourth-order valence-electron chi connectivity index (χ4n) is 3.47. The van der Waals surface area contributed by atoms with Gasteiger partial charge in [-0.1, -0.05) is 36.8 Å². The lowest BCUT2D eigenvalue weighted by Crippen LogP contribution is -2.37. The van der Waals surface area contributed by atoms with Crippen molar-refractivity contribution in [2.24, 2.45) is 5.41 Å². The van der Waals surface area contributed by atoms with E-state index in [2.05, 4.69) is 0 Å². The van der Waals surface area contributed by atoms with Gasteiger partial charge in [0.25, 0.3) is 0 Å². The molecule has 1 saturated carbocycles. The Balaban J connectivity index is 1.64. The maximum absolute atomic E-state index is 12.2. The van der Waals surface area contributed by atoms with E-state index in [-0.39, 0.29) is 19.2 Å². The molecular weight excluding hydrogens is 270 g/mol. The molecule has 1 amide bonds. The summed E-state index contributed by atoms with van der Waals surface area (Å²) in [4.78, 5) is 25.4. The molecule has 1 saturated heterocycles. The van der Waals surface area contributed by atoms with Crippen LogP contribution in [0.4, 0.5) is 4.79 Å². The van der Waals surface area contributed by atoms with Crippen molar-refractivity contribution in [2.75, 3.05) is 6.54 Å². The van der Waals surface area contributed by atoms with Crippen LogP contribution in [-0.2, 0) is 16.1 Å². The van der Waals surface area contributed by atoms with Crippen LogP contribution < -0.4 is 0 Å². The van der Waals surface area contributed by atoms with E-state index >= 15 is 0 Å². The summed E-state index contributed by atoms with van der Waals surface area (Å²) in [6.07, 6.45) is 2.55. The van der Waals surface area contributed by atoms with Crippen LogP contribution in [0.3, 0.4) is 0 Å². The van der Waals surface area contributed by atoms with Gasteiger partial charge in [0.1, 0.15) is 6.61 Å². The van der Waals surface area contributed by atoms with Crippen molar-refractivity contribution >= 4 is 12.1 Å². The number of carbonyl (C=O) groups excluding carboxylic acids is 1. The summed E-state index contributed by atoms with van der Waals surface area (Å²) >= 11 is 0. The van der Waals surface area contributed by atoms with Gasteiger partial charge in [-0.3, -0.25) is 4.79 Å². The largest absolute Gasteiger partial charge is 0.481 e. The summed E-state index contributed by atoms with van der Waals surface area (Å²) in [6.45, 7) is 0.504. The summed E-state index contributed by atoms with van der Waals surface area (Å²) in [7, 11) is 0. The number of benzene rings is 1. The van der Waals surface area contributed by atoms with E-state index in [0.717, 1.165) is 18.4 Å². The number of hydrogen-bond donors (Lipinski definition) is 1. The molecule has 5 heteroatoms. The Morgan fingerprint density at radius 3 is 2.76 bits per heavy atom. The lowest BCUT2D eigenvalue weighted by atomic mass is 9.76. The number of ether oxygens (including phenoxy) is 1. The number of hydrogen-bond acceptors (Lipinski definition) is 3. The number of carboxylic acid groups (broad SMARTS) is 1. The van der Waals surface area contributed by atoms with E-state index in [1.165, 1.54) is 0 Å². The lowest BCUT2D eigenvalue weighted by Gasteiger charge is -2.26. The lowest BCUT2D eigenvalue weighted by molar-refractivity contribution is -0.149. The molecular formula is C16H19NO4. The van der Waals surface area contributed by atoms with Crippen LogP contribution in [0, 0.1) is 5.41 Å². The van der Waals surface area contributed by atoms with Gasteiger partial charge < -0.3 is 14.7 Å². The van der Waals surface area contributed by atoms with E-state index in [9.17, 15) is 14.7 Å². The summed E-state index contributed by atoms with van der Waals surface area (Å²) in [6, 6.07) is 9.50. The van der Waals surface area contributed by atoms with Gasteiger partial charge in [-0.05, 0) is 24.8 Å². The minimum Gasteiger partial charge on any atom is -0.481 e. The third-order valence-electron chi connectivity index (χ3n) is 4.63. The first-order chi connectivity index (χ1) is 10.1.